The third-order valence-electron chi connectivity index (χ3n) is 2.83. The van der Waals surface area contributed by atoms with Crippen LogP contribution in [0.25, 0.3) is 11.1 Å². The van der Waals surface area contributed by atoms with E-state index in [9.17, 15) is 13.6 Å². The van der Waals surface area contributed by atoms with E-state index in [1.54, 1.807) is 0 Å². The zero-order chi connectivity index (χ0) is 14.0. The van der Waals surface area contributed by atoms with Gasteiger partial charge in [0.05, 0.1) is 12.7 Å². The van der Waals surface area contributed by atoms with Crippen LogP contribution >= 0.6 is 0 Å². The van der Waals surface area contributed by atoms with E-state index in [1.807, 2.05) is 0 Å². The molecule has 4 heteroatoms. The summed E-state index contributed by atoms with van der Waals surface area (Å²) in [7, 11) is 1.47. The molecule has 0 saturated heterocycles. The molecule has 2 rings (SSSR count). The highest BCUT2D eigenvalue weighted by atomic mass is 19.1. The van der Waals surface area contributed by atoms with Crippen molar-refractivity contribution in [3.8, 4) is 16.9 Å². The summed E-state index contributed by atoms with van der Waals surface area (Å²) in [5.41, 5.74) is 0.643. The molecule has 0 N–H and O–H groups in total. The molecule has 0 aliphatic heterocycles. The second kappa shape index (κ2) is 5.18. The molecule has 2 nitrogen and oxygen atoms in total. The van der Waals surface area contributed by atoms with Gasteiger partial charge in [0.2, 0.25) is 0 Å². The highest BCUT2D eigenvalue weighted by Crippen LogP contribution is 2.28. The molecule has 0 aliphatic carbocycles. The van der Waals surface area contributed by atoms with Gasteiger partial charge in [0.15, 0.2) is 5.78 Å². The fraction of sp³-hybridized carbons (Fsp3) is 0.133. The number of carbonyl (C=O) groups excluding carboxylic acids is 1. The molecular weight excluding hydrogens is 250 g/mol. The molecule has 0 aliphatic rings. The number of ether oxygens (including phenoxy) is 1. The van der Waals surface area contributed by atoms with Gasteiger partial charge in [0.1, 0.15) is 17.4 Å². The lowest BCUT2D eigenvalue weighted by Crippen LogP contribution is -1.98. The number of rotatable bonds is 3. The van der Waals surface area contributed by atoms with Crippen molar-refractivity contribution in [2.75, 3.05) is 7.11 Å². The maximum absolute atomic E-state index is 13.8. The molecule has 2 aromatic carbocycles. The lowest BCUT2D eigenvalue weighted by atomic mass is 10.0. The molecule has 19 heavy (non-hydrogen) atoms. The molecule has 98 valence electrons. The Morgan fingerprint density at radius 2 is 1.74 bits per heavy atom. The molecule has 0 unspecified atom stereocenters. The van der Waals surface area contributed by atoms with E-state index in [2.05, 4.69) is 0 Å². The summed E-state index contributed by atoms with van der Waals surface area (Å²) in [5, 5.41) is 0. The first-order valence-corrected chi connectivity index (χ1v) is 5.67. The summed E-state index contributed by atoms with van der Waals surface area (Å²) in [6.07, 6.45) is 0. The minimum Gasteiger partial charge on any atom is -0.497 e. The smallest absolute Gasteiger partial charge is 0.162 e. The monoisotopic (exact) mass is 262 g/mol. The zero-order valence-corrected chi connectivity index (χ0v) is 10.5. The quantitative estimate of drug-likeness (QED) is 0.785. The van der Waals surface area contributed by atoms with E-state index >= 15 is 0 Å². The van der Waals surface area contributed by atoms with Gasteiger partial charge in [-0.2, -0.15) is 0 Å². The van der Waals surface area contributed by atoms with E-state index in [0.29, 0.717) is 11.3 Å². The predicted molar refractivity (Wildman–Crippen MR) is 68.4 cm³/mol. The van der Waals surface area contributed by atoms with Gasteiger partial charge >= 0.3 is 0 Å². The van der Waals surface area contributed by atoms with Crippen LogP contribution < -0.4 is 4.74 Å². The molecule has 0 amide bonds. The number of hydrogen-bond acceptors (Lipinski definition) is 2. The standard InChI is InChI=1S/C15H12F2O2/c1-9(18)12-7-10(3-5-14(12)16)13-8-11(19-2)4-6-15(13)17/h3-8H,1-2H3. The summed E-state index contributed by atoms with van der Waals surface area (Å²) >= 11 is 0. The van der Waals surface area contributed by atoms with E-state index in [0.717, 1.165) is 6.07 Å². The number of benzene rings is 2. The Hall–Kier alpha value is -2.23. The summed E-state index contributed by atoms with van der Waals surface area (Å²) in [5.74, 6) is -0.978. The first kappa shape index (κ1) is 13.2. The number of hydrogen-bond donors (Lipinski definition) is 0. The van der Waals surface area contributed by atoms with E-state index in [4.69, 9.17) is 4.74 Å². The average Bonchev–Trinajstić information content (AvgIpc) is 2.40. The van der Waals surface area contributed by atoms with Gasteiger partial charge in [0.25, 0.3) is 0 Å². The van der Waals surface area contributed by atoms with E-state index in [1.165, 1.54) is 44.4 Å². The van der Waals surface area contributed by atoms with Crippen molar-refractivity contribution in [1.29, 1.82) is 0 Å². The molecule has 0 aromatic heterocycles. The van der Waals surface area contributed by atoms with Gasteiger partial charge in [0, 0.05) is 5.56 Å². The van der Waals surface area contributed by atoms with Crippen LogP contribution in [0.4, 0.5) is 8.78 Å². The van der Waals surface area contributed by atoms with Crippen LogP contribution in [-0.4, -0.2) is 12.9 Å². The van der Waals surface area contributed by atoms with Gasteiger partial charge < -0.3 is 4.74 Å². The maximum Gasteiger partial charge on any atom is 0.162 e. The normalized spacial score (nSPS) is 10.3. The predicted octanol–water partition coefficient (Wildman–Crippen LogP) is 3.84. The lowest BCUT2D eigenvalue weighted by molar-refractivity contribution is 0.101. The Balaban J connectivity index is 2.59. The number of carbonyl (C=O) groups is 1. The first-order valence-electron chi connectivity index (χ1n) is 5.67. The van der Waals surface area contributed by atoms with Crippen LogP contribution in [0.5, 0.6) is 5.75 Å². The van der Waals surface area contributed by atoms with E-state index < -0.39 is 17.4 Å². The van der Waals surface area contributed by atoms with Crippen molar-refractivity contribution >= 4 is 5.78 Å². The molecule has 0 bridgehead atoms. The SMILES string of the molecule is COc1ccc(F)c(-c2ccc(F)c(C(C)=O)c2)c1. The van der Waals surface area contributed by atoms with Crippen LogP contribution in [0, 0.1) is 11.6 Å². The van der Waals surface area contributed by atoms with Crippen LogP contribution in [0.3, 0.4) is 0 Å². The van der Waals surface area contributed by atoms with Crippen molar-refractivity contribution in [2.24, 2.45) is 0 Å². The largest absolute Gasteiger partial charge is 0.497 e. The molecule has 2 aromatic rings. The molecule has 0 heterocycles. The molecular formula is C15H12F2O2. The first-order chi connectivity index (χ1) is 9.02. The van der Waals surface area contributed by atoms with Gasteiger partial charge in [-0.1, -0.05) is 6.07 Å². The van der Waals surface area contributed by atoms with Crippen molar-refractivity contribution in [3.05, 3.63) is 53.6 Å². The number of halogens is 2. The highest BCUT2D eigenvalue weighted by molar-refractivity contribution is 5.95. The topological polar surface area (TPSA) is 26.3 Å². The second-order valence-corrected chi connectivity index (χ2v) is 4.10. The molecule has 0 radical (unpaired) electrons. The number of methoxy groups -OCH3 is 1. The maximum atomic E-state index is 13.8. The molecule has 0 fully saturated rings. The Bertz CT molecular complexity index is 636. The molecule has 0 saturated carbocycles. The van der Waals surface area contributed by atoms with Crippen LogP contribution in [0.2, 0.25) is 0 Å². The lowest BCUT2D eigenvalue weighted by Gasteiger charge is -2.08. The molecule has 0 atom stereocenters. The van der Waals surface area contributed by atoms with Gasteiger partial charge in [-0.3, -0.25) is 4.79 Å². The third kappa shape index (κ3) is 2.62. The van der Waals surface area contributed by atoms with E-state index in [-0.39, 0.29) is 11.1 Å². The van der Waals surface area contributed by atoms with Crippen molar-refractivity contribution < 1.29 is 18.3 Å². The van der Waals surface area contributed by atoms with Crippen LogP contribution in [0.15, 0.2) is 36.4 Å². The minimum atomic E-state index is -0.612. The van der Waals surface area contributed by atoms with Crippen LogP contribution in [-0.2, 0) is 0 Å². The second-order valence-electron chi connectivity index (χ2n) is 4.10. The summed E-state index contributed by atoms with van der Waals surface area (Å²) in [6, 6.07) is 8.20. The Morgan fingerprint density at radius 3 is 2.37 bits per heavy atom. The fourth-order valence-electron chi connectivity index (χ4n) is 1.82. The summed E-state index contributed by atoms with van der Waals surface area (Å²) in [4.78, 5) is 11.3. The van der Waals surface area contributed by atoms with Crippen molar-refractivity contribution in [2.45, 2.75) is 6.92 Å². The van der Waals surface area contributed by atoms with Crippen molar-refractivity contribution in [3.63, 3.8) is 0 Å². The number of ketones is 1. The molecule has 0 spiro atoms. The van der Waals surface area contributed by atoms with Crippen LogP contribution in [0.1, 0.15) is 17.3 Å². The Morgan fingerprint density at radius 1 is 1.05 bits per heavy atom. The highest BCUT2D eigenvalue weighted by Gasteiger charge is 2.12. The summed E-state index contributed by atoms with van der Waals surface area (Å²) < 4.78 is 32.3. The summed E-state index contributed by atoms with van der Waals surface area (Å²) in [6.45, 7) is 1.27. The zero-order valence-electron chi connectivity index (χ0n) is 10.5. The number of Topliss-reactive ketones (excluding diaryl/α,β-unsaturated/α-hetero) is 1. The Labute approximate surface area is 109 Å². The van der Waals surface area contributed by atoms with Crippen molar-refractivity contribution in [1.82, 2.24) is 0 Å². The Kier molecular flexibility index (Phi) is 3.60. The fourth-order valence-corrected chi connectivity index (χ4v) is 1.82. The van der Waals surface area contributed by atoms with Gasteiger partial charge in [-0.15, -0.1) is 0 Å². The van der Waals surface area contributed by atoms with Gasteiger partial charge in [-0.25, -0.2) is 8.78 Å². The average molecular weight is 262 g/mol. The van der Waals surface area contributed by atoms with Gasteiger partial charge in [-0.05, 0) is 42.8 Å². The third-order valence-corrected chi connectivity index (χ3v) is 2.83. The minimum absolute atomic E-state index is 0.0558.